The van der Waals surface area contributed by atoms with E-state index in [1.165, 1.54) is 0 Å². The first kappa shape index (κ1) is 16.5. The Bertz CT molecular complexity index is 652. The van der Waals surface area contributed by atoms with E-state index in [1.54, 1.807) is 7.11 Å². The molecule has 1 heterocycles. The lowest BCUT2D eigenvalue weighted by molar-refractivity contribution is -0.126. The number of anilines is 2. The third-order valence-corrected chi connectivity index (χ3v) is 4.09. The van der Waals surface area contributed by atoms with Gasteiger partial charge in [-0.05, 0) is 29.8 Å². The smallest absolute Gasteiger partial charge is 0.258 e. The number of nitrogens with one attached hydrogen (secondary N) is 1. The molecule has 1 aliphatic heterocycles. The normalized spacial score (nSPS) is 15.8. The molecule has 0 spiro atoms. The summed E-state index contributed by atoms with van der Waals surface area (Å²) < 4.78 is 10.7. The molecule has 2 aromatic carbocycles. The van der Waals surface area contributed by atoms with Crippen LogP contribution in [0, 0.1) is 0 Å². The summed E-state index contributed by atoms with van der Waals surface area (Å²) in [6, 6.07) is 17.3. The van der Waals surface area contributed by atoms with E-state index in [1.807, 2.05) is 54.6 Å². The molecule has 5 nitrogen and oxygen atoms in total. The van der Waals surface area contributed by atoms with Crippen LogP contribution in [-0.2, 0) is 14.3 Å². The van der Waals surface area contributed by atoms with E-state index in [9.17, 15) is 4.79 Å². The van der Waals surface area contributed by atoms with E-state index in [2.05, 4.69) is 10.2 Å². The second kappa shape index (κ2) is 7.95. The summed E-state index contributed by atoms with van der Waals surface area (Å²) >= 11 is 0. The molecule has 1 amide bonds. The number of carbonyl (C=O) groups excluding carboxylic acids is 1. The standard InChI is InChI=1S/C19H22N2O3/c1-23-18(15-5-3-2-4-6-15)19(22)20-16-7-9-17(10-8-16)21-11-13-24-14-12-21/h2-10,18H,11-14H2,1H3,(H,20,22)/t18-/m1/s1. The number of hydrogen-bond acceptors (Lipinski definition) is 4. The van der Waals surface area contributed by atoms with Crippen molar-refractivity contribution in [3.8, 4) is 0 Å². The molecule has 24 heavy (non-hydrogen) atoms. The highest BCUT2D eigenvalue weighted by atomic mass is 16.5. The molecular weight excluding hydrogens is 304 g/mol. The maximum atomic E-state index is 12.5. The molecule has 5 heteroatoms. The van der Waals surface area contributed by atoms with Crippen LogP contribution in [0.3, 0.4) is 0 Å². The summed E-state index contributed by atoms with van der Waals surface area (Å²) in [5, 5.41) is 2.91. The van der Waals surface area contributed by atoms with Crippen molar-refractivity contribution in [2.45, 2.75) is 6.10 Å². The minimum absolute atomic E-state index is 0.178. The summed E-state index contributed by atoms with van der Waals surface area (Å²) in [5.41, 5.74) is 2.74. The number of nitrogens with zero attached hydrogens (tertiary/aromatic N) is 1. The van der Waals surface area contributed by atoms with E-state index in [-0.39, 0.29) is 5.91 Å². The zero-order chi connectivity index (χ0) is 16.8. The van der Waals surface area contributed by atoms with Crippen LogP contribution in [0.4, 0.5) is 11.4 Å². The molecule has 0 aliphatic carbocycles. The third-order valence-electron chi connectivity index (χ3n) is 4.09. The van der Waals surface area contributed by atoms with Gasteiger partial charge in [-0.3, -0.25) is 4.79 Å². The van der Waals surface area contributed by atoms with Gasteiger partial charge in [-0.25, -0.2) is 0 Å². The number of rotatable bonds is 5. The second-order valence-corrected chi connectivity index (χ2v) is 5.66. The van der Waals surface area contributed by atoms with Gasteiger partial charge in [0.25, 0.3) is 5.91 Å². The second-order valence-electron chi connectivity index (χ2n) is 5.66. The van der Waals surface area contributed by atoms with E-state index in [0.29, 0.717) is 0 Å². The molecule has 2 aromatic rings. The number of methoxy groups -OCH3 is 1. The maximum absolute atomic E-state index is 12.5. The van der Waals surface area contributed by atoms with E-state index in [0.717, 1.165) is 43.2 Å². The Morgan fingerprint density at radius 1 is 1.08 bits per heavy atom. The zero-order valence-electron chi connectivity index (χ0n) is 13.8. The van der Waals surface area contributed by atoms with Crippen molar-refractivity contribution in [3.63, 3.8) is 0 Å². The van der Waals surface area contributed by atoms with Crippen LogP contribution in [0.25, 0.3) is 0 Å². The van der Waals surface area contributed by atoms with Crippen LogP contribution in [0.15, 0.2) is 54.6 Å². The first-order valence-corrected chi connectivity index (χ1v) is 8.09. The van der Waals surface area contributed by atoms with Gasteiger partial charge in [0, 0.05) is 31.6 Å². The molecule has 0 saturated carbocycles. The quantitative estimate of drug-likeness (QED) is 0.918. The van der Waals surface area contributed by atoms with Crippen molar-refractivity contribution in [2.75, 3.05) is 43.6 Å². The van der Waals surface area contributed by atoms with Crippen LogP contribution in [0.2, 0.25) is 0 Å². The fourth-order valence-corrected chi connectivity index (χ4v) is 2.81. The molecule has 0 bridgehead atoms. The molecule has 0 aromatic heterocycles. The first-order valence-electron chi connectivity index (χ1n) is 8.09. The lowest BCUT2D eigenvalue weighted by atomic mass is 10.1. The van der Waals surface area contributed by atoms with Gasteiger partial charge in [0.05, 0.1) is 13.2 Å². The van der Waals surface area contributed by atoms with Crippen LogP contribution in [0.5, 0.6) is 0 Å². The first-order chi connectivity index (χ1) is 11.8. The number of carbonyl (C=O) groups is 1. The van der Waals surface area contributed by atoms with Gasteiger partial charge < -0.3 is 19.7 Å². The maximum Gasteiger partial charge on any atom is 0.258 e. The topological polar surface area (TPSA) is 50.8 Å². The number of amides is 1. The van der Waals surface area contributed by atoms with E-state index < -0.39 is 6.10 Å². The summed E-state index contributed by atoms with van der Waals surface area (Å²) in [6.07, 6.45) is -0.620. The Morgan fingerprint density at radius 2 is 1.75 bits per heavy atom. The van der Waals surface area contributed by atoms with Crippen molar-refractivity contribution in [3.05, 3.63) is 60.2 Å². The molecule has 0 radical (unpaired) electrons. The fourth-order valence-electron chi connectivity index (χ4n) is 2.81. The minimum atomic E-state index is -0.620. The van der Waals surface area contributed by atoms with E-state index in [4.69, 9.17) is 9.47 Å². The predicted molar refractivity (Wildman–Crippen MR) is 94.3 cm³/mol. The SMILES string of the molecule is CO[C@@H](C(=O)Nc1ccc(N2CCOCC2)cc1)c1ccccc1. The van der Waals surface area contributed by atoms with Crippen LogP contribution >= 0.6 is 0 Å². The summed E-state index contributed by atoms with van der Waals surface area (Å²) in [6.45, 7) is 3.30. The molecule has 1 aliphatic rings. The molecule has 3 rings (SSSR count). The fraction of sp³-hybridized carbons (Fsp3) is 0.316. The van der Waals surface area contributed by atoms with Gasteiger partial charge in [0.15, 0.2) is 6.10 Å². The van der Waals surface area contributed by atoms with Gasteiger partial charge in [-0.1, -0.05) is 30.3 Å². The summed E-state index contributed by atoms with van der Waals surface area (Å²) in [5.74, 6) is -0.178. The lowest BCUT2D eigenvalue weighted by Gasteiger charge is -2.29. The van der Waals surface area contributed by atoms with Crippen LogP contribution in [0.1, 0.15) is 11.7 Å². The highest BCUT2D eigenvalue weighted by molar-refractivity contribution is 5.95. The molecule has 126 valence electrons. The van der Waals surface area contributed by atoms with Crippen molar-refractivity contribution in [1.29, 1.82) is 0 Å². The highest BCUT2D eigenvalue weighted by Gasteiger charge is 2.20. The number of ether oxygens (including phenoxy) is 2. The molecule has 0 unspecified atom stereocenters. The van der Waals surface area contributed by atoms with Crippen LogP contribution in [-0.4, -0.2) is 39.3 Å². The molecule has 1 saturated heterocycles. The Hall–Kier alpha value is -2.37. The average molecular weight is 326 g/mol. The summed E-state index contributed by atoms with van der Waals surface area (Å²) in [7, 11) is 1.54. The Morgan fingerprint density at radius 3 is 2.38 bits per heavy atom. The van der Waals surface area contributed by atoms with Crippen molar-refractivity contribution >= 4 is 17.3 Å². The third kappa shape index (κ3) is 3.93. The summed E-state index contributed by atoms with van der Waals surface area (Å²) in [4.78, 5) is 14.7. The van der Waals surface area contributed by atoms with Gasteiger partial charge in [-0.2, -0.15) is 0 Å². The molecule has 1 fully saturated rings. The molecule has 1 N–H and O–H groups in total. The zero-order valence-corrected chi connectivity index (χ0v) is 13.8. The Balaban J connectivity index is 1.65. The van der Waals surface area contributed by atoms with Gasteiger partial charge in [-0.15, -0.1) is 0 Å². The Kier molecular flexibility index (Phi) is 5.46. The molecule has 1 atom stereocenters. The average Bonchev–Trinajstić information content (AvgIpc) is 2.64. The largest absolute Gasteiger partial charge is 0.378 e. The monoisotopic (exact) mass is 326 g/mol. The molecular formula is C19H22N2O3. The Labute approximate surface area is 142 Å². The van der Waals surface area contributed by atoms with Gasteiger partial charge in [0.1, 0.15) is 0 Å². The van der Waals surface area contributed by atoms with Gasteiger partial charge in [0.2, 0.25) is 0 Å². The highest BCUT2D eigenvalue weighted by Crippen LogP contribution is 2.22. The van der Waals surface area contributed by atoms with Crippen LogP contribution < -0.4 is 10.2 Å². The van der Waals surface area contributed by atoms with Gasteiger partial charge >= 0.3 is 0 Å². The van der Waals surface area contributed by atoms with Crippen molar-refractivity contribution < 1.29 is 14.3 Å². The van der Waals surface area contributed by atoms with Crippen molar-refractivity contribution in [2.24, 2.45) is 0 Å². The number of hydrogen-bond donors (Lipinski definition) is 1. The number of morpholine rings is 1. The van der Waals surface area contributed by atoms with E-state index >= 15 is 0 Å². The minimum Gasteiger partial charge on any atom is -0.378 e. The predicted octanol–water partition coefficient (Wildman–Crippen LogP) is 2.85. The number of benzene rings is 2. The lowest BCUT2D eigenvalue weighted by Crippen LogP contribution is -2.36. The van der Waals surface area contributed by atoms with Crippen molar-refractivity contribution in [1.82, 2.24) is 0 Å².